The smallest absolute Gasteiger partial charge is 0.306 e. The number of Topliss-reactive ketones (excluding diaryl/α,β-unsaturated/α-hetero) is 2. The fraction of sp³-hybridized carbons (Fsp3) is 0.733. The van der Waals surface area contributed by atoms with Crippen molar-refractivity contribution in [1.82, 2.24) is 0 Å². The first kappa shape index (κ1) is 27.9. The second-order valence-electron chi connectivity index (χ2n) is 13.5. The summed E-state index contributed by atoms with van der Waals surface area (Å²) in [6, 6.07) is 0. The normalized spacial score (nSPS) is 42.1. The molecule has 8 atom stereocenters. The minimum absolute atomic E-state index is 0.0321. The van der Waals surface area contributed by atoms with Gasteiger partial charge in [-0.15, -0.1) is 0 Å². The molecule has 2 saturated carbocycles. The molecule has 4 rings (SSSR count). The number of rotatable bonds is 5. The summed E-state index contributed by atoms with van der Waals surface area (Å²) in [6.45, 7) is 13.1. The van der Waals surface area contributed by atoms with Crippen LogP contribution in [0.5, 0.6) is 0 Å². The number of carbonyl (C=O) groups excluding carboxylic acids is 3. The average molecular weight is 515 g/mol. The van der Waals surface area contributed by atoms with Crippen LogP contribution < -0.4 is 0 Å². The van der Waals surface area contributed by atoms with Crippen LogP contribution in [0.15, 0.2) is 22.8 Å². The van der Waals surface area contributed by atoms with Crippen LogP contribution in [0, 0.1) is 39.4 Å². The van der Waals surface area contributed by atoms with Crippen molar-refractivity contribution in [3.8, 4) is 0 Å². The van der Waals surface area contributed by atoms with E-state index in [1.165, 1.54) is 13.0 Å². The maximum Gasteiger partial charge on any atom is 0.306 e. The summed E-state index contributed by atoms with van der Waals surface area (Å²) in [7, 11) is 0. The van der Waals surface area contributed by atoms with E-state index in [4.69, 9.17) is 5.11 Å². The van der Waals surface area contributed by atoms with E-state index in [2.05, 4.69) is 6.92 Å². The highest BCUT2D eigenvalue weighted by molar-refractivity contribution is 6.05. The number of carboxylic acid groups (broad SMARTS) is 1. The molecule has 204 valence electrons. The summed E-state index contributed by atoms with van der Waals surface area (Å²) in [4.78, 5) is 51.7. The van der Waals surface area contributed by atoms with Gasteiger partial charge in [0, 0.05) is 24.8 Å². The lowest BCUT2D eigenvalue weighted by molar-refractivity contribution is -0.143. The van der Waals surface area contributed by atoms with Crippen LogP contribution in [-0.2, 0) is 19.2 Å². The Bertz CT molecular complexity index is 1130. The number of hydrogen-bond donors (Lipinski definition) is 3. The van der Waals surface area contributed by atoms with Crippen LogP contribution in [0.2, 0.25) is 0 Å². The van der Waals surface area contributed by atoms with Crippen LogP contribution >= 0.6 is 0 Å². The SMILES string of the molecule is C/C(=C\C(=O)CC(C)C(=O)O)[C@H]1CC(=O)[C@@]2(C)C3=C(C(=O)C[C@]12C)[C@@]1(C)CC[C@H](O)C(C)(C)[C@@H]1C[C@@H]3O. The van der Waals surface area contributed by atoms with Crippen molar-refractivity contribution in [2.75, 3.05) is 0 Å². The van der Waals surface area contributed by atoms with Gasteiger partial charge in [-0.2, -0.15) is 0 Å². The third-order valence-electron chi connectivity index (χ3n) is 11.2. The molecule has 0 radical (unpaired) electrons. The molecule has 0 aromatic carbocycles. The van der Waals surface area contributed by atoms with E-state index in [9.17, 15) is 29.4 Å². The van der Waals surface area contributed by atoms with E-state index in [1.54, 1.807) is 6.92 Å². The molecule has 2 fully saturated rings. The van der Waals surface area contributed by atoms with E-state index in [1.807, 2.05) is 27.7 Å². The monoisotopic (exact) mass is 514 g/mol. The van der Waals surface area contributed by atoms with E-state index in [-0.39, 0.29) is 48.4 Å². The van der Waals surface area contributed by atoms with Gasteiger partial charge < -0.3 is 15.3 Å². The topological polar surface area (TPSA) is 129 Å². The average Bonchev–Trinajstić information content (AvgIpc) is 2.99. The number of aliphatic hydroxyl groups excluding tert-OH is 2. The van der Waals surface area contributed by atoms with Gasteiger partial charge in [-0.1, -0.05) is 40.2 Å². The lowest BCUT2D eigenvalue weighted by atomic mass is 9.42. The van der Waals surface area contributed by atoms with Gasteiger partial charge in [0.05, 0.1) is 23.5 Å². The largest absolute Gasteiger partial charge is 0.481 e. The molecule has 1 unspecified atom stereocenters. The lowest BCUT2D eigenvalue weighted by Crippen LogP contribution is -2.60. The molecule has 0 heterocycles. The third kappa shape index (κ3) is 3.75. The van der Waals surface area contributed by atoms with E-state index in [0.29, 0.717) is 36.0 Å². The maximum absolute atomic E-state index is 14.0. The highest BCUT2D eigenvalue weighted by Crippen LogP contribution is 2.70. The number of carboxylic acids is 1. The van der Waals surface area contributed by atoms with Crippen molar-refractivity contribution in [2.45, 2.75) is 99.2 Å². The Labute approximate surface area is 219 Å². The minimum Gasteiger partial charge on any atom is -0.481 e. The van der Waals surface area contributed by atoms with E-state index < -0.39 is 45.8 Å². The van der Waals surface area contributed by atoms with Crippen molar-refractivity contribution in [1.29, 1.82) is 0 Å². The first-order valence-corrected chi connectivity index (χ1v) is 13.5. The highest BCUT2D eigenvalue weighted by atomic mass is 16.4. The zero-order valence-corrected chi connectivity index (χ0v) is 23.2. The van der Waals surface area contributed by atoms with E-state index in [0.717, 1.165) is 0 Å². The van der Waals surface area contributed by atoms with Crippen molar-refractivity contribution >= 4 is 23.3 Å². The molecular weight excluding hydrogens is 472 g/mol. The van der Waals surface area contributed by atoms with Crippen molar-refractivity contribution in [3.63, 3.8) is 0 Å². The Morgan fingerprint density at radius 3 is 2.32 bits per heavy atom. The van der Waals surface area contributed by atoms with Crippen LogP contribution in [-0.4, -0.2) is 50.8 Å². The molecule has 7 heteroatoms. The number of fused-ring (bicyclic) bond motifs is 4. The van der Waals surface area contributed by atoms with Gasteiger partial charge in [0.1, 0.15) is 5.78 Å². The predicted octanol–water partition coefficient (Wildman–Crippen LogP) is 4.05. The van der Waals surface area contributed by atoms with Crippen molar-refractivity contribution in [2.24, 2.45) is 39.4 Å². The zero-order chi connectivity index (χ0) is 27.9. The molecule has 0 spiro atoms. The fourth-order valence-electron chi connectivity index (χ4n) is 8.69. The number of hydrogen-bond acceptors (Lipinski definition) is 6. The Hall–Kier alpha value is -2.12. The van der Waals surface area contributed by atoms with Gasteiger partial charge in [0.2, 0.25) is 0 Å². The third-order valence-corrected chi connectivity index (χ3v) is 11.2. The van der Waals surface area contributed by atoms with Gasteiger partial charge in [-0.25, -0.2) is 0 Å². The molecule has 0 saturated heterocycles. The number of ketones is 3. The molecule has 0 bridgehead atoms. The number of allylic oxidation sites excluding steroid dienone is 3. The van der Waals surface area contributed by atoms with Gasteiger partial charge in [-0.05, 0) is 72.8 Å². The fourth-order valence-corrected chi connectivity index (χ4v) is 8.69. The highest BCUT2D eigenvalue weighted by Gasteiger charge is 2.69. The Kier molecular flexibility index (Phi) is 6.56. The summed E-state index contributed by atoms with van der Waals surface area (Å²) < 4.78 is 0. The first-order valence-electron chi connectivity index (χ1n) is 13.5. The number of aliphatic carboxylic acids is 1. The zero-order valence-electron chi connectivity index (χ0n) is 23.2. The molecule has 7 nitrogen and oxygen atoms in total. The quantitative estimate of drug-likeness (QED) is 0.472. The Balaban J connectivity index is 1.80. The molecule has 0 aliphatic heterocycles. The summed E-state index contributed by atoms with van der Waals surface area (Å²) in [6.07, 6.45) is 1.71. The summed E-state index contributed by atoms with van der Waals surface area (Å²) in [5.41, 5.74) is -1.06. The van der Waals surface area contributed by atoms with E-state index >= 15 is 0 Å². The molecule has 3 N–H and O–H groups in total. The summed E-state index contributed by atoms with van der Waals surface area (Å²) in [5.74, 6) is -2.71. The standard InChI is InChI=1S/C30H42O7/c1-15(10-17(31)11-16(2)26(36)37)18-12-23(35)30(7)25-19(32)13-21-27(3,4)22(34)8-9-28(21,5)24(25)20(33)14-29(18,30)6/h10,16,18-19,21-22,32,34H,8-9,11-14H2,1-7H3,(H,36,37)/b15-10+/t16?,18-,19+,21+,22+,28+,29-,30+/m1/s1. The molecular formula is C30H42O7. The molecule has 0 aromatic rings. The van der Waals surface area contributed by atoms with Crippen LogP contribution in [0.25, 0.3) is 0 Å². The van der Waals surface area contributed by atoms with Gasteiger partial charge in [0.15, 0.2) is 11.6 Å². The Morgan fingerprint density at radius 2 is 1.73 bits per heavy atom. The second kappa shape index (κ2) is 8.70. The lowest BCUT2D eigenvalue weighted by Gasteiger charge is -2.61. The predicted molar refractivity (Wildman–Crippen MR) is 137 cm³/mol. The van der Waals surface area contributed by atoms with Crippen molar-refractivity contribution < 1.29 is 34.5 Å². The second-order valence-corrected chi connectivity index (χ2v) is 13.5. The maximum atomic E-state index is 14.0. The summed E-state index contributed by atoms with van der Waals surface area (Å²) >= 11 is 0. The molecule has 4 aliphatic carbocycles. The van der Waals surface area contributed by atoms with Gasteiger partial charge in [0.25, 0.3) is 0 Å². The molecule has 0 aromatic heterocycles. The molecule has 0 amide bonds. The molecule has 37 heavy (non-hydrogen) atoms. The summed E-state index contributed by atoms with van der Waals surface area (Å²) in [5, 5.41) is 31.5. The van der Waals surface area contributed by atoms with Gasteiger partial charge in [-0.3, -0.25) is 19.2 Å². The minimum atomic E-state index is -1.05. The van der Waals surface area contributed by atoms with Crippen LogP contribution in [0.4, 0.5) is 0 Å². The van der Waals surface area contributed by atoms with Crippen LogP contribution in [0.1, 0.15) is 87.0 Å². The number of carbonyl (C=O) groups is 4. The first-order chi connectivity index (χ1) is 16.9. The number of aliphatic hydroxyl groups is 2. The Morgan fingerprint density at radius 1 is 1.11 bits per heavy atom. The van der Waals surface area contributed by atoms with Crippen molar-refractivity contribution in [3.05, 3.63) is 22.8 Å². The van der Waals surface area contributed by atoms with Gasteiger partial charge >= 0.3 is 5.97 Å². The van der Waals surface area contributed by atoms with Crippen LogP contribution in [0.3, 0.4) is 0 Å². The molecule has 4 aliphatic rings.